The lowest BCUT2D eigenvalue weighted by molar-refractivity contribution is -0.120. The van der Waals surface area contributed by atoms with Crippen LogP contribution < -0.4 is 10.6 Å². The fourth-order valence-electron chi connectivity index (χ4n) is 2.84. The van der Waals surface area contributed by atoms with Crippen molar-refractivity contribution in [3.8, 4) is 0 Å². The Kier molecular flexibility index (Phi) is 4.73. The van der Waals surface area contributed by atoms with Crippen LogP contribution in [0, 0.1) is 12.3 Å². The minimum atomic E-state index is 0.0114. The Hall–Kier alpha value is -1.46. The first-order valence-electron chi connectivity index (χ1n) is 7.16. The van der Waals surface area contributed by atoms with Gasteiger partial charge in [-0.15, -0.1) is 0 Å². The minimum absolute atomic E-state index is 0.0114. The third-order valence-corrected chi connectivity index (χ3v) is 3.97. The molecule has 0 atom stereocenters. The molecule has 0 aromatic carbocycles. The van der Waals surface area contributed by atoms with Crippen LogP contribution in [0.4, 0.5) is 5.82 Å². The molecular weight excluding hydrogens is 252 g/mol. The molecule has 0 unspecified atom stereocenters. The number of hydrogen-bond acceptors (Lipinski definition) is 4. The quantitative estimate of drug-likeness (QED) is 0.821. The van der Waals surface area contributed by atoms with Crippen LogP contribution in [0.5, 0.6) is 0 Å². The fourth-order valence-corrected chi connectivity index (χ4v) is 2.84. The molecular formula is C15H24N4O. The highest BCUT2D eigenvalue weighted by molar-refractivity contribution is 5.91. The Bertz CT molecular complexity index is 469. The van der Waals surface area contributed by atoms with Gasteiger partial charge in [-0.25, -0.2) is 4.98 Å². The molecule has 1 aliphatic rings. The number of aryl methyl sites for hydroxylation is 1. The smallest absolute Gasteiger partial charge is 0.239 e. The van der Waals surface area contributed by atoms with Crippen LogP contribution in [-0.4, -0.2) is 49.0 Å². The molecule has 1 saturated heterocycles. The lowest BCUT2D eigenvalue weighted by Crippen LogP contribution is -2.61. The molecule has 110 valence electrons. The molecule has 0 bridgehead atoms. The molecule has 2 heterocycles. The molecule has 2 N–H and O–H groups in total. The van der Waals surface area contributed by atoms with Crippen molar-refractivity contribution in [1.82, 2.24) is 15.2 Å². The van der Waals surface area contributed by atoms with E-state index >= 15 is 0 Å². The molecule has 20 heavy (non-hydrogen) atoms. The van der Waals surface area contributed by atoms with Crippen LogP contribution in [0.15, 0.2) is 18.3 Å². The van der Waals surface area contributed by atoms with E-state index in [1.165, 1.54) is 0 Å². The minimum Gasteiger partial charge on any atom is -0.319 e. The Balaban J connectivity index is 1.79. The van der Waals surface area contributed by atoms with Gasteiger partial charge in [0.1, 0.15) is 5.82 Å². The third kappa shape index (κ3) is 3.55. The highest BCUT2D eigenvalue weighted by Gasteiger charge is 2.41. The summed E-state index contributed by atoms with van der Waals surface area (Å²) < 4.78 is 0. The van der Waals surface area contributed by atoms with Crippen molar-refractivity contribution < 1.29 is 4.79 Å². The summed E-state index contributed by atoms with van der Waals surface area (Å²) in [6, 6.07) is 3.80. The van der Waals surface area contributed by atoms with Gasteiger partial charge < -0.3 is 10.6 Å². The van der Waals surface area contributed by atoms with Crippen molar-refractivity contribution in [3.63, 3.8) is 0 Å². The number of anilines is 1. The number of nitrogens with one attached hydrogen (secondary N) is 2. The number of likely N-dealkylation sites (tertiary alicyclic amines) is 1. The molecule has 1 aromatic rings. The predicted octanol–water partition coefficient (Wildman–Crippen LogP) is 1.26. The highest BCUT2D eigenvalue weighted by atomic mass is 16.2. The van der Waals surface area contributed by atoms with Gasteiger partial charge in [0, 0.05) is 31.2 Å². The van der Waals surface area contributed by atoms with Crippen LogP contribution in [0.1, 0.15) is 18.9 Å². The first-order chi connectivity index (χ1) is 9.57. The van der Waals surface area contributed by atoms with Gasteiger partial charge in [-0.3, -0.25) is 9.69 Å². The van der Waals surface area contributed by atoms with E-state index in [1.807, 2.05) is 26.1 Å². The zero-order valence-corrected chi connectivity index (χ0v) is 12.6. The van der Waals surface area contributed by atoms with E-state index in [4.69, 9.17) is 0 Å². The van der Waals surface area contributed by atoms with Crippen molar-refractivity contribution in [2.45, 2.75) is 20.3 Å². The number of nitrogens with zero attached hydrogens (tertiary/aromatic N) is 2. The Morgan fingerprint density at radius 1 is 1.50 bits per heavy atom. The number of amides is 1. The molecule has 2 rings (SSSR count). The van der Waals surface area contributed by atoms with Crippen molar-refractivity contribution >= 4 is 11.7 Å². The molecule has 0 radical (unpaired) electrons. The third-order valence-electron chi connectivity index (χ3n) is 3.97. The number of aromatic nitrogens is 1. The lowest BCUT2D eigenvalue weighted by Gasteiger charge is -2.49. The molecule has 0 spiro atoms. The van der Waals surface area contributed by atoms with E-state index in [0.29, 0.717) is 17.8 Å². The summed E-state index contributed by atoms with van der Waals surface area (Å²) in [6.45, 7) is 7.63. The monoisotopic (exact) mass is 276 g/mol. The van der Waals surface area contributed by atoms with Crippen LogP contribution in [-0.2, 0) is 4.79 Å². The molecule has 1 amide bonds. The highest BCUT2D eigenvalue weighted by Crippen LogP contribution is 2.32. The van der Waals surface area contributed by atoms with Gasteiger partial charge in [-0.1, -0.05) is 6.92 Å². The van der Waals surface area contributed by atoms with Gasteiger partial charge in [0.05, 0.1) is 6.54 Å². The summed E-state index contributed by atoms with van der Waals surface area (Å²) in [5.74, 6) is 0.643. The first kappa shape index (κ1) is 14.9. The Labute approximate surface area is 120 Å². The second-order valence-electron chi connectivity index (χ2n) is 5.80. The second kappa shape index (κ2) is 6.33. The first-order valence-corrected chi connectivity index (χ1v) is 7.16. The van der Waals surface area contributed by atoms with Crippen LogP contribution in [0.2, 0.25) is 0 Å². The number of rotatable bonds is 6. The average Bonchev–Trinajstić information content (AvgIpc) is 2.36. The molecule has 1 aliphatic heterocycles. The number of carbonyl (C=O) groups is 1. The largest absolute Gasteiger partial charge is 0.319 e. The van der Waals surface area contributed by atoms with Gasteiger partial charge >= 0.3 is 0 Å². The maximum Gasteiger partial charge on any atom is 0.239 e. The zero-order chi connectivity index (χ0) is 14.6. The Morgan fingerprint density at radius 2 is 2.25 bits per heavy atom. The molecule has 5 nitrogen and oxygen atoms in total. The van der Waals surface area contributed by atoms with Gasteiger partial charge in [-0.05, 0) is 38.1 Å². The van der Waals surface area contributed by atoms with Crippen LogP contribution in [0.3, 0.4) is 0 Å². The van der Waals surface area contributed by atoms with Crippen molar-refractivity contribution in [2.24, 2.45) is 5.41 Å². The van der Waals surface area contributed by atoms with E-state index in [9.17, 15) is 4.79 Å². The number of carbonyl (C=O) groups excluding carboxylic acids is 1. The van der Waals surface area contributed by atoms with Gasteiger partial charge in [-0.2, -0.15) is 0 Å². The zero-order valence-electron chi connectivity index (χ0n) is 12.6. The van der Waals surface area contributed by atoms with Crippen molar-refractivity contribution in [3.05, 3.63) is 23.9 Å². The molecule has 0 saturated carbocycles. The normalized spacial score (nSPS) is 17.6. The van der Waals surface area contributed by atoms with Gasteiger partial charge in [0.15, 0.2) is 0 Å². The molecule has 1 fully saturated rings. The molecule has 5 heteroatoms. The SMILES string of the molecule is CCC1(CNC)CN(CC(=O)Nc2cc(C)ccn2)C1. The van der Waals surface area contributed by atoms with Crippen molar-refractivity contribution in [1.29, 1.82) is 0 Å². The van der Waals surface area contributed by atoms with E-state index in [0.717, 1.165) is 31.6 Å². The average molecular weight is 276 g/mol. The van der Waals surface area contributed by atoms with E-state index in [1.54, 1.807) is 6.20 Å². The van der Waals surface area contributed by atoms with Gasteiger partial charge in [0.2, 0.25) is 5.91 Å². The second-order valence-corrected chi connectivity index (χ2v) is 5.80. The summed E-state index contributed by atoms with van der Waals surface area (Å²) in [5, 5.41) is 6.10. The summed E-state index contributed by atoms with van der Waals surface area (Å²) >= 11 is 0. The van der Waals surface area contributed by atoms with E-state index in [-0.39, 0.29) is 5.91 Å². The summed E-state index contributed by atoms with van der Waals surface area (Å²) in [4.78, 5) is 18.3. The summed E-state index contributed by atoms with van der Waals surface area (Å²) in [7, 11) is 1.98. The fraction of sp³-hybridized carbons (Fsp3) is 0.600. The van der Waals surface area contributed by atoms with E-state index < -0.39 is 0 Å². The van der Waals surface area contributed by atoms with Crippen LogP contribution in [0.25, 0.3) is 0 Å². The Morgan fingerprint density at radius 3 is 2.85 bits per heavy atom. The molecule has 0 aliphatic carbocycles. The van der Waals surface area contributed by atoms with Crippen molar-refractivity contribution in [2.75, 3.05) is 38.5 Å². The lowest BCUT2D eigenvalue weighted by atomic mass is 9.77. The summed E-state index contributed by atoms with van der Waals surface area (Å²) in [6.07, 6.45) is 2.86. The topological polar surface area (TPSA) is 57.3 Å². The number of pyridine rings is 1. The molecule has 1 aromatic heterocycles. The van der Waals surface area contributed by atoms with E-state index in [2.05, 4.69) is 27.4 Å². The van der Waals surface area contributed by atoms with Crippen LogP contribution >= 0.6 is 0 Å². The standard InChI is InChI=1S/C15H24N4O/c1-4-15(9-16-3)10-19(11-15)8-14(20)18-13-7-12(2)5-6-17-13/h5-7,16H,4,8-11H2,1-3H3,(H,17,18,20). The summed E-state index contributed by atoms with van der Waals surface area (Å²) in [5.41, 5.74) is 1.44. The maximum atomic E-state index is 12.0. The van der Waals surface area contributed by atoms with Gasteiger partial charge in [0.25, 0.3) is 0 Å². The number of hydrogen-bond donors (Lipinski definition) is 2. The maximum absolute atomic E-state index is 12.0. The predicted molar refractivity (Wildman–Crippen MR) is 80.7 cm³/mol.